The third kappa shape index (κ3) is 4.30. The minimum Gasteiger partial charge on any atom is -0.460 e. The number of rotatable bonds is 7. The zero-order valence-electron chi connectivity index (χ0n) is 17.8. The van der Waals surface area contributed by atoms with Gasteiger partial charge >= 0.3 is 11.9 Å². The van der Waals surface area contributed by atoms with Gasteiger partial charge in [0.2, 0.25) is 11.5 Å². The van der Waals surface area contributed by atoms with E-state index < -0.39 is 17.4 Å². The van der Waals surface area contributed by atoms with Gasteiger partial charge in [0.25, 0.3) is 0 Å². The van der Waals surface area contributed by atoms with Crippen LogP contribution < -0.4 is 10.8 Å². The second-order valence-electron chi connectivity index (χ2n) is 6.54. The van der Waals surface area contributed by atoms with Crippen molar-refractivity contribution in [1.82, 2.24) is 0 Å². The maximum Gasteiger partial charge on any atom is 0.374 e. The van der Waals surface area contributed by atoms with Crippen LogP contribution >= 0.6 is 0 Å². The molecule has 1 aromatic carbocycles. The highest BCUT2D eigenvalue weighted by molar-refractivity contribution is 5.99. The van der Waals surface area contributed by atoms with Crippen molar-refractivity contribution in [3.63, 3.8) is 0 Å². The molecular weight excluding hydrogens is 406 g/mol. The van der Waals surface area contributed by atoms with Crippen LogP contribution in [0.1, 0.15) is 53.9 Å². The van der Waals surface area contributed by atoms with Gasteiger partial charge in [0, 0.05) is 23.1 Å². The maximum atomic E-state index is 12.8. The smallest absolute Gasteiger partial charge is 0.374 e. The summed E-state index contributed by atoms with van der Waals surface area (Å²) in [5.74, 6) is -1.69. The summed E-state index contributed by atoms with van der Waals surface area (Å²) in [4.78, 5) is 42.2. The van der Waals surface area contributed by atoms with Crippen molar-refractivity contribution in [2.75, 3.05) is 20.3 Å². The summed E-state index contributed by atoms with van der Waals surface area (Å²) in [5.41, 5.74) is 0.594. The molecule has 0 saturated carbocycles. The van der Waals surface area contributed by atoms with Crippen LogP contribution in [0.3, 0.4) is 0 Å². The summed E-state index contributed by atoms with van der Waals surface area (Å²) >= 11 is 0. The molecule has 9 nitrogen and oxygen atoms in total. The molecule has 0 saturated heterocycles. The molecule has 31 heavy (non-hydrogen) atoms. The van der Waals surface area contributed by atoms with Crippen LogP contribution in [-0.2, 0) is 20.7 Å². The Balaban J connectivity index is 2.46. The fraction of sp³-hybridized carbons (Fsp3) is 0.364. The summed E-state index contributed by atoms with van der Waals surface area (Å²) in [6.07, 6.45) is 1.13. The normalized spacial score (nSPS) is 11.7. The van der Waals surface area contributed by atoms with Crippen LogP contribution in [0.15, 0.2) is 37.0 Å². The highest BCUT2D eigenvalue weighted by Crippen LogP contribution is 2.28. The molecule has 0 amide bonds. The van der Waals surface area contributed by atoms with E-state index in [2.05, 4.69) is 5.16 Å². The number of hydrogen-bond donors (Lipinski definition) is 0. The molecule has 0 bridgehead atoms. The lowest BCUT2D eigenvalue weighted by molar-refractivity contribution is 0.0482. The first-order chi connectivity index (χ1) is 14.9. The van der Waals surface area contributed by atoms with Crippen molar-refractivity contribution >= 4 is 33.9 Å². The molecule has 9 heteroatoms. The molecule has 3 rings (SSSR count). The Morgan fingerprint density at radius 1 is 0.903 bits per heavy atom. The van der Waals surface area contributed by atoms with Gasteiger partial charge in [0.15, 0.2) is 5.43 Å². The first kappa shape index (κ1) is 22.1. The van der Waals surface area contributed by atoms with E-state index in [9.17, 15) is 14.4 Å². The number of nitrogens with zero attached hydrogens (tertiary/aromatic N) is 1. The monoisotopic (exact) mass is 429 g/mol. The molecule has 2 aromatic heterocycles. The Morgan fingerprint density at radius 3 is 2.03 bits per heavy atom. The van der Waals surface area contributed by atoms with Crippen LogP contribution in [0.25, 0.3) is 21.9 Å². The van der Waals surface area contributed by atoms with Crippen LogP contribution in [-0.4, -0.2) is 32.3 Å². The molecule has 0 spiro atoms. The van der Waals surface area contributed by atoms with Crippen molar-refractivity contribution in [3.8, 4) is 0 Å². The average Bonchev–Trinajstić information content (AvgIpc) is 2.74. The third-order valence-electron chi connectivity index (χ3n) is 4.46. The summed E-state index contributed by atoms with van der Waals surface area (Å²) in [6, 6.07) is 4.03. The molecule has 0 atom stereocenters. The Morgan fingerprint density at radius 2 is 1.48 bits per heavy atom. The number of fused-ring (bicyclic) bond motifs is 2. The van der Waals surface area contributed by atoms with E-state index >= 15 is 0 Å². The molecule has 3 aromatic rings. The number of esters is 2. The highest BCUT2D eigenvalue weighted by atomic mass is 16.6. The number of hydrogen-bond acceptors (Lipinski definition) is 9. The highest BCUT2D eigenvalue weighted by Gasteiger charge is 2.21. The lowest BCUT2D eigenvalue weighted by Crippen LogP contribution is -2.14. The first-order valence-electron chi connectivity index (χ1n) is 9.94. The van der Waals surface area contributed by atoms with E-state index in [1.54, 1.807) is 19.9 Å². The molecule has 164 valence electrons. The molecule has 0 aliphatic rings. The largest absolute Gasteiger partial charge is 0.460 e. The third-order valence-corrected chi connectivity index (χ3v) is 4.46. The minimum atomic E-state index is -0.740. The van der Waals surface area contributed by atoms with Gasteiger partial charge < -0.3 is 23.1 Å². The van der Waals surface area contributed by atoms with Crippen LogP contribution in [0.5, 0.6) is 0 Å². The zero-order valence-corrected chi connectivity index (χ0v) is 17.8. The predicted molar refractivity (Wildman–Crippen MR) is 111 cm³/mol. The Bertz CT molecular complexity index is 1270. The van der Waals surface area contributed by atoms with E-state index in [1.807, 2.05) is 6.92 Å². The van der Waals surface area contributed by atoms with E-state index in [0.29, 0.717) is 34.7 Å². The SMILES string of the molecule is CCCc1c2oc(C(=O)OCC)cc(=O)c2cc2c(=NOC)cc(C(=O)OCC)oc12. The summed E-state index contributed by atoms with van der Waals surface area (Å²) in [6.45, 7) is 5.58. The van der Waals surface area contributed by atoms with E-state index in [4.69, 9.17) is 23.1 Å². The van der Waals surface area contributed by atoms with Gasteiger partial charge in [-0.15, -0.1) is 0 Å². The van der Waals surface area contributed by atoms with Gasteiger partial charge in [-0.05, 0) is 26.3 Å². The van der Waals surface area contributed by atoms with Gasteiger partial charge in [-0.2, -0.15) is 0 Å². The molecule has 0 N–H and O–H groups in total. The molecule has 0 aliphatic carbocycles. The van der Waals surface area contributed by atoms with Crippen LogP contribution in [0.2, 0.25) is 0 Å². The predicted octanol–water partition coefficient (Wildman–Crippen LogP) is 3.31. The number of carbonyl (C=O) groups is 2. The molecule has 0 fully saturated rings. The van der Waals surface area contributed by atoms with E-state index in [-0.39, 0.29) is 35.7 Å². The van der Waals surface area contributed by atoms with Gasteiger partial charge in [0.1, 0.15) is 23.6 Å². The number of aryl methyl sites for hydroxylation is 1. The van der Waals surface area contributed by atoms with Crippen molar-refractivity contribution in [2.24, 2.45) is 5.16 Å². The van der Waals surface area contributed by atoms with Crippen molar-refractivity contribution in [2.45, 2.75) is 33.6 Å². The Hall–Kier alpha value is -3.62. The van der Waals surface area contributed by atoms with Gasteiger partial charge in [-0.3, -0.25) is 4.79 Å². The quantitative estimate of drug-likeness (QED) is 0.319. The average molecular weight is 429 g/mol. The topological polar surface area (TPSA) is 118 Å². The number of carbonyl (C=O) groups excluding carboxylic acids is 2. The lowest BCUT2D eigenvalue weighted by atomic mass is 10.0. The number of benzene rings is 1. The second-order valence-corrected chi connectivity index (χ2v) is 6.54. The van der Waals surface area contributed by atoms with Crippen molar-refractivity contribution in [1.29, 1.82) is 0 Å². The standard InChI is InChI=1S/C22H23NO8/c1-5-8-12-19-13(15(23-27-4)10-17(30-19)21(25)28-6-2)9-14-16(24)11-18(31-20(12)14)22(26)29-7-3/h9-11H,5-8H2,1-4H3. The fourth-order valence-corrected chi connectivity index (χ4v) is 3.24. The van der Waals surface area contributed by atoms with E-state index in [0.717, 1.165) is 6.07 Å². The van der Waals surface area contributed by atoms with Gasteiger partial charge in [-0.1, -0.05) is 18.5 Å². The fourth-order valence-electron chi connectivity index (χ4n) is 3.24. The Labute approximate surface area is 177 Å². The van der Waals surface area contributed by atoms with Crippen LogP contribution in [0, 0.1) is 0 Å². The molecular formula is C22H23NO8. The summed E-state index contributed by atoms with van der Waals surface area (Å²) < 4.78 is 21.7. The minimum absolute atomic E-state index is 0.0780. The lowest BCUT2D eigenvalue weighted by Gasteiger charge is -2.11. The zero-order chi connectivity index (χ0) is 22.5. The molecule has 0 unspecified atom stereocenters. The summed E-state index contributed by atoms with van der Waals surface area (Å²) in [5, 5.41) is 4.97. The Kier molecular flexibility index (Phi) is 6.74. The molecule has 0 radical (unpaired) electrons. The van der Waals surface area contributed by atoms with Gasteiger partial charge in [-0.25, -0.2) is 9.59 Å². The van der Waals surface area contributed by atoms with Gasteiger partial charge in [0.05, 0.1) is 18.6 Å². The maximum absolute atomic E-state index is 12.8. The van der Waals surface area contributed by atoms with Crippen molar-refractivity contribution < 1.29 is 32.7 Å². The number of ether oxygens (including phenoxy) is 2. The van der Waals surface area contributed by atoms with E-state index in [1.165, 1.54) is 13.2 Å². The first-order valence-corrected chi connectivity index (χ1v) is 9.94. The van der Waals surface area contributed by atoms with Crippen LogP contribution in [0.4, 0.5) is 0 Å². The molecule has 2 heterocycles. The summed E-state index contributed by atoms with van der Waals surface area (Å²) in [7, 11) is 1.37. The second kappa shape index (κ2) is 9.46. The molecule has 0 aliphatic heterocycles. The van der Waals surface area contributed by atoms with Crippen molar-refractivity contribution in [3.05, 3.63) is 50.9 Å².